The van der Waals surface area contributed by atoms with Crippen molar-refractivity contribution < 1.29 is 4.79 Å². The maximum absolute atomic E-state index is 12.4. The van der Waals surface area contributed by atoms with Gasteiger partial charge in [-0.1, -0.05) is 13.8 Å². The normalized spacial score (nSPS) is 20.5. The fraction of sp³-hybridized carbons (Fsp3) is 0.588. The summed E-state index contributed by atoms with van der Waals surface area (Å²) < 4.78 is 0. The zero-order valence-corrected chi connectivity index (χ0v) is 13.4. The second-order valence-corrected chi connectivity index (χ2v) is 6.84. The molecule has 2 rings (SSSR count). The first kappa shape index (κ1) is 15.8. The standard InChI is InChI=1S/C17H27N3O/c1-13(20-11-4-9-17(2,3)10-12-20)16(21)19-15-7-5-14(18)6-8-15/h5-8,13H,4,9-12,18H2,1-3H3,(H,19,21). The predicted octanol–water partition coefficient (Wildman–Crippen LogP) is 3.11. The smallest absolute Gasteiger partial charge is 0.241 e. The summed E-state index contributed by atoms with van der Waals surface area (Å²) in [5.41, 5.74) is 7.55. The maximum Gasteiger partial charge on any atom is 0.241 e. The van der Waals surface area contributed by atoms with Crippen LogP contribution in [0.15, 0.2) is 24.3 Å². The Morgan fingerprint density at radius 2 is 1.90 bits per heavy atom. The van der Waals surface area contributed by atoms with Crippen LogP contribution >= 0.6 is 0 Å². The quantitative estimate of drug-likeness (QED) is 0.841. The van der Waals surface area contributed by atoms with Crippen LogP contribution in [0.25, 0.3) is 0 Å². The first-order chi connectivity index (χ1) is 9.87. The van der Waals surface area contributed by atoms with E-state index in [0.29, 0.717) is 11.1 Å². The van der Waals surface area contributed by atoms with Gasteiger partial charge in [0, 0.05) is 11.4 Å². The molecular weight excluding hydrogens is 262 g/mol. The van der Waals surface area contributed by atoms with E-state index in [1.165, 1.54) is 6.42 Å². The molecule has 3 N–H and O–H groups in total. The fourth-order valence-electron chi connectivity index (χ4n) is 2.81. The molecular formula is C17H27N3O. The van der Waals surface area contributed by atoms with Gasteiger partial charge in [-0.05, 0) is 69.0 Å². The molecule has 1 amide bonds. The molecule has 0 bridgehead atoms. The van der Waals surface area contributed by atoms with E-state index in [-0.39, 0.29) is 11.9 Å². The van der Waals surface area contributed by atoms with Crippen LogP contribution in [0.2, 0.25) is 0 Å². The molecule has 0 radical (unpaired) electrons. The summed E-state index contributed by atoms with van der Waals surface area (Å²) in [5.74, 6) is 0.0551. The largest absolute Gasteiger partial charge is 0.399 e. The molecule has 116 valence electrons. The summed E-state index contributed by atoms with van der Waals surface area (Å²) in [6, 6.07) is 7.18. The van der Waals surface area contributed by atoms with Crippen molar-refractivity contribution in [3.05, 3.63) is 24.3 Å². The van der Waals surface area contributed by atoms with Crippen molar-refractivity contribution in [3.8, 4) is 0 Å². The second-order valence-electron chi connectivity index (χ2n) is 6.84. The SMILES string of the molecule is CC(C(=O)Nc1ccc(N)cc1)N1CCCC(C)(C)CC1. The van der Waals surface area contributed by atoms with Gasteiger partial charge >= 0.3 is 0 Å². The molecule has 4 heteroatoms. The number of nitrogen functional groups attached to an aromatic ring is 1. The van der Waals surface area contributed by atoms with Gasteiger partial charge < -0.3 is 11.1 Å². The van der Waals surface area contributed by atoms with Gasteiger partial charge in [0.05, 0.1) is 6.04 Å². The minimum Gasteiger partial charge on any atom is -0.399 e. The summed E-state index contributed by atoms with van der Waals surface area (Å²) >= 11 is 0. The van der Waals surface area contributed by atoms with Crippen LogP contribution in [0.3, 0.4) is 0 Å². The molecule has 1 unspecified atom stereocenters. The lowest BCUT2D eigenvalue weighted by atomic mass is 9.85. The zero-order valence-electron chi connectivity index (χ0n) is 13.4. The van der Waals surface area contributed by atoms with Crippen LogP contribution in [-0.4, -0.2) is 29.9 Å². The highest BCUT2D eigenvalue weighted by molar-refractivity contribution is 5.94. The van der Waals surface area contributed by atoms with Crippen LogP contribution in [-0.2, 0) is 4.79 Å². The number of benzene rings is 1. The van der Waals surface area contributed by atoms with E-state index < -0.39 is 0 Å². The Kier molecular flexibility index (Phi) is 4.88. The summed E-state index contributed by atoms with van der Waals surface area (Å²) in [5, 5.41) is 2.97. The highest BCUT2D eigenvalue weighted by Crippen LogP contribution is 2.30. The van der Waals surface area contributed by atoms with Gasteiger partial charge in [-0.25, -0.2) is 0 Å². The molecule has 1 atom stereocenters. The summed E-state index contributed by atoms with van der Waals surface area (Å²) in [6.07, 6.45) is 3.54. The monoisotopic (exact) mass is 289 g/mol. The van der Waals surface area contributed by atoms with Crippen LogP contribution in [0.4, 0.5) is 11.4 Å². The number of carbonyl (C=O) groups is 1. The number of hydrogen-bond donors (Lipinski definition) is 2. The third kappa shape index (κ3) is 4.46. The van der Waals surface area contributed by atoms with Crippen LogP contribution < -0.4 is 11.1 Å². The molecule has 4 nitrogen and oxygen atoms in total. The lowest BCUT2D eigenvalue weighted by molar-refractivity contribution is -0.120. The fourth-order valence-corrected chi connectivity index (χ4v) is 2.81. The number of nitrogens with zero attached hydrogens (tertiary/aromatic N) is 1. The molecule has 1 aromatic rings. The lowest BCUT2D eigenvalue weighted by Crippen LogP contribution is -2.42. The van der Waals surface area contributed by atoms with Crippen molar-refractivity contribution >= 4 is 17.3 Å². The molecule has 0 spiro atoms. The molecule has 1 heterocycles. The summed E-state index contributed by atoms with van der Waals surface area (Å²) in [4.78, 5) is 14.7. The third-order valence-corrected chi connectivity index (χ3v) is 4.48. The van der Waals surface area contributed by atoms with E-state index in [2.05, 4.69) is 24.1 Å². The number of hydrogen-bond acceptors (Lipinski definition) is 3. The Balaban J connectivity index is 1.94. The van der Waals surface area contributed by atoms with Crippen molar-refractivity contribution in [3.63, 3.8) is 0 Å². The van der Waals surface area contributed by atoms with Gasteiger partial charge in [0.15, 0.2) is 0 Å². The molecule has 0 aliphatic carbocycles. The topological polar surface area (TPSA) is 58.4 Å². The van der Waals surface area contributed by atoms with E-state index in [4.69, 9.17) is 5.73 Å². The molecule has 21 heavy (non-hydrogen) atoms. The lowest BCUT2D eigenvalue weighted by Gasteiger charge is -2.27. The minimum atomic E-state index is -0.101. The minimum absolute atomic E-state index is 0.0551. The number of likely N-dealkylation sites (tertiary alicyclic amines) is 1. The second kappa shape index (κ2) is 6.48. The van der Waals surface area contributed by atoms with Crippen LogP contribution in [0.5, 0.6) is 0 Å². The number of nitrogens with one attached hydrogen (secondary N) is 1. The first-order valence-corrected chi connectivity index (χ1v) is 7.78. The first-order valence-electron chi connectivity index (χ1n) is 7.78. The Hall–Kier alpha value is -1.55. The average molecular weight is 289 g/mol. The highest BCUT2D eigenvalue weighted by Gasteiger charge is 2.28. The Morgan fingerprint density at radius 3 is 2.57 bits per heavy atom. The van der Waals surface area contributed by atoms with E-state index >= 15 is 0 Å². The van der Waals surface area contributed by atoms with Gasteiger partial charge in [-0.2, -0.15) is 0 Å². The molecule has 0 saturated carbocycles. The number of amides is 1. The number of rotatable bonds is 3. The van der Waals surface area contributed by atoms with Gasteiger partial charge in [-0.3, -0.25) is 9.69 Å². The molecule has 1 saturated heterocycles. The number of anilines is 2. The highest BCUT2D eigenvalue weighted by atomic mass is 16.2. The molecule has 1 fully saturated rings. The Labute approximate surface area is 127 Å². The van der Waals surface area contributed by atoms with E-state index in [1.54, 1.807) is 12.1 Å². The van der Waals surface area contributed by atoms with Crippen molar-refractivity contribution in [2.75, 3.05) is 24.1 Å². The van der Waals surface area contributed by atoms with Crippen molar-refractivity contribution in [2.24, 2.45) is 5.41 Å². The third-order valence-electron chi connectivity index (χ3n) is 4.48. The van der Waals surface area contributed by atoms with Crippen LogP contribution in [0, 0.1) is 5.41 Å². The Morgan fingerprint density at radius 1 is 1.24 bits per heavy atom. The van der Waals surface area contributed by atoms with Crippen LogP contribution in [0.1, 0.15) is 40.0 Å². The molecule has 1 aromatic carbocycles. The molecule has 0 aromatic heterocycles. The van der Waals surface area contributed by atoms with Gasteiger partial charge in [-0.15, -0.1) is 0 Å². The van der Waals surface area contributed by atoms with Crippen molar-refractivity contribution in [2.45, 2.75) is 46.1 Å². The molecule has 1 aliphatic rings. The average Bonchev–Trinajstić information content (AvgIpc) is 2.61. The number of nitrogens with two attached hydrogens (primary N) is 1. The Bertz CT molecular complexity index is 481. The van der Waals surface area contributed by atoms with E-state index in [9.17, 15) is 4.79 Å². The molecule has 1 aliphatic heterocycles. The number of carbonyl (C=O) groups excluding carboxylic acids is 1. The van der Waals surface area contributed by atoms with Gasteiger partial charge in [0.2, 0.25) is 5.91 Å². The van der Waals surface area contributed by atoms with Crippen molar-refractivity contribution in [1.82, 2.24) is 4.90 Å². The van der Waals surface area contributed by atoms with Gasteiger partial charge in [0.1, 0.15) is 0 Å². The van der Waals surface area contributed by atoms with Gasteiger partial charge in [0.25, 0.3) is 0 Å². The maximum atomic E-state index is 12.4. The van der Waals surface area contributed by atoms with E-state index in [0.717, 1.165) is 31.6 Å². The predicted molar refractivity (Wildman–Crippen MR) is 88.2 cm³/mol. The summed E-state index contributed by atoms with van der Waals surface area (Å²) in [7, 11) is 0. The van der Waals surface area contributed by atoms with E-state index in [1.807, 2.05) is 19.1 Å². The van der Waals surface area contributed by atoms with Crippen molar-refractivity contribution in [1.29, 1.82) is 0 Å². The summed E-state index contributed by atoms with van der Waals surface area (Å²) in [6.45, 7) is 8.61. The zero-order chi connectivity index (χ0) is 15.5.